The number of phenolic OH excluding ortho intramolecular Hbond substituents is 3. The molecule has 0 atom stereocenters. The number of carbonyl (C=O) groups excluding carboxylic acids is 3. The van der Waals surface area contributed by atoms with Crippen LogP contribution in [0.1, 0.15) is 41.5 Å². The average Bonchev–Trinajstić information content (AvgIpc) is 3.33. The predicted molar refractivity (Wildman–Crippen MR) is 261 cm³/mol. The summed E-state index contributed by atoms with van der Waals surface area (Å²) in [4.78, 5) is 33.3. The first-order valence-electron chi connectivity index (χ1n) is 21.5. The van der Waals surface area contributed by atoms with Gasteiger partial charge < -0.3 is 38.0 Å². The molecule has 0 saturated carbocycles. The number of hydrogen-bond donors (Lipinski definition) is 6. The number of nitrogens with one attached hydrogen (secondary N) is 1. The second-order valence-electron chi connectivity index (χ2n) is 15.7. The summed E-state index contributed by atoms with van der Waals surface area (Å²) in [5.74, 6) is -0.347. The molecule has 0 fully saturated rings. The van der Waals surface area contributed by atoms with Crippen LogP contribution >= 0.6 is 0 Å². The van der Waals surface area contributed by atoms with Crippen LogP contribution in [0.4, 0.5) is 0 Å². The summed E-state index contributed by atoms with van der Waals surface area (Å²) < 4.78 is 0. The Bertz CT molecular complexity index is 2820. The van der Waals surface area contributed by atoms with E-state index in [4.69, 9.17) is 17.2 Å². The summed E-state index contributed by atoms with van der Waals surface area (Å²) in [5.41, 5.74) is 29.1. The number of H-pyrrole nitrogens is 1. The summed E-state index contributed by atoms with van der Waals surface area (Å²) >= 11 is 0. The molecule has 0 spiro atoms. The highest BCUT2D eigenvalue weighted by molar-refractivity contribution is 5.79. The van der Waals surface area contributed by atoms with Gasteiger partial charge in [-0.25, -0.2) is 0 Å². The Morgan fingerprint density at radius 1 is 0.485 bits per heavy atom. The number of aryl methyl sites for hydroxylation is 4. The number of aromatic nitrogens is 4. The molecule has 0 aliphatic rings. The van der Waals surface area contributed by atoms with Crippen molar-refractivity contribution in [1.29, 1.82) is 0 Å². The lowest BCUT2D eigenvalue weighted by Gasteiger charge is -2.12. The number of rotatable bonds is 14. The Kier molecular flexibility index (Phi) is 18.1. The lowest BCUT2D eigenvalue weighted by atomic mass is 9.93. The molecule has 0 aliphatic heterocycles. The van der Waals surface area contributed by atoms with Gasteiger partial charge >= 0.3 is 0 Å². The van der Waals surface area contributed by atoms with E-state index in [2.05, 4.69) is 26.5 Å². The second-order valence-corrected chi connectivity index (χ2v) is 15.7. The summed E-state index contributed by atoms with van der Waals surface area (Å²) in [6, 6.07) is 46.7. The molecule has 11 N–H and O–H groups in total. The van der Waals surface area contributed by atoms with E-state index < -0.39 is 0 Å². The molecule has 8 rings (SSSR count). The standard InChI is InChI=1S/2C19H17N3O2.C16H17NO2.H2O/c2*20-19(24)9-7-14-11-15(18-5-2-10-21-22-18)6-8-17(14)13-3-1-4-16(23)12-13;1-11-5-7-15(12-3-2-4-14(18)10-12)13(9-11)6-8-16(17)19;/h2*1-6,8,10-12,23H,7,9H2,(H2,20,24);2-5,7,9-10,18H,6,8H2,1H3,(H2,17,19);1H2. The number of nitrogens with zero attached hydrogens (tertiary/aromatic N) is 3. The highest BCUT2D eigenvalue weighted by Gasteiger charge is 2.13. The number of phenols is 3. The van der Waals surface area contributed by atoms with Gasteiger partial charge in [-0.05, 0) is 148 Å². The molecule has 14 nitrogen and oxygen atoms in total. The number of aromatic hydroxyl groups is 3. The molecule has 3 amide bonds. The SMILES string of the molecule is Cc1ccc(-c2cccc(O)c2)c(CCC(N)=O)c1.NC(=O)CCc1cc(-c2ccc[nH+]n2)ccc1-c1cccc(O)c1.NC(=O)CCc1cc(-c2cccnn2)ccc1-c1cccc(O)c1.[OH-]. The normalized spacial score (nSPS) is 10.3. The fourth-order valence-electron chi connectivity index (χ4n) is 7.43. The number of hydrogen-bond acceptors (Lipinski definition) is 10. The quantitative estimate of drug-likeness (QED) is 0.0614. The third-order valence-corrected chi connectivity index (χ3v) is 10.6. The molecular formula is C54H53N7O7. The van der Waals surface area contributed by atoms with Crippen molar-refractivity contribution in [2.45, 2.75) is 45.4 Å². The molecule has 346 valence electrons. The molecule has 14 heteroatoms. The zero-order valence-electron chi connectivity index (χ0n) is 37.4. The third kappa shape index (κ3) is 14.6. The van der Waals surface area contributed by atoms with E-state index in [0.717, 1.165) is 78.1 Å². The molecular weight excluding hydrogens is 859 g/mol. The van der Waals surface area contributed by atoms with Gasteiger partial charge in [0, 0.05) is 42.7 Å². The Labute approximate surface area is 394 Å². The molecule has 0 aliphatic carbocycles. The first kappa shape index (κ1) is 50.3. The lowest BCUT2D eigenvalue weighted by Crippen LogP contribution is -2.11. The van der Waals surface area contributed by atoms with Gasteiger partial charge in [0.15, 0.2) is 6.20 Å². The van der Waals surface area contributed by atoms with Crippen LogP contribution in [-0.2, 0) is 33.6 Å². The second kappa shape index (κ2) is 24.5. The molecule has 0 unspecified atom stereocenters. The van der Waals surface area contributed by atoms with Crippen LogP contribution < -0.4 is 22.3 Å². The monoisotopic (exact) mass is 911 g/mol. The van der Waals surface area contributed by atoms with Crippen LogP contribution in [-0.4, -0.2) is 53.8 Å². The Morgan fingerprint density at radius 2 is 0.912 bits per heavy atom. The maximum Gasteiger partial charge on any atom is 0.217 e. The number of benzene rings is 6. The minimum absolute atomic E-state index is 0. The van der Waals surface area contributed by atoms with Gasteiger partial charge in [-0.1, -0.05) is 84.4 Å². The number of carbonyl (C=O) groups is 3. The molecule has 0 saturated heterocycles. The molecule has 2 aromatic heterocycles. The van der Waals surface area contributed by atoms with E-state index in [9.17, 15) is 29.7 Å². The van der Waals surface area contributed by atoms with Crippen LogP contribution in [0.2, 0.25) is 0 Å². The molecule has 68 heavy (non-hydrogen) atoms. The van der Waals surface area contributed by atoms with Crippen LogP contribution in [0.3, 0.4) is 0 Å². The van der Waals surface area contributed by atoms with E-state index in [1.54, 1.807) is 60.9 Å². The first-order chi connectivity index (χ1) is 32.3. The maximum atomic E-state index is 11.2. The Balaban J connectivity index is 0.000000191. The van der Waals surface area contributed by atoms with Gasteiger partial charge in [0.2, 0.25) is 17.7 Å². The fraction of sp³-hybridized carbons (Fsp3) is 0.130. The highest BCUT2D eigenvalue weighted by atomic mass is 16.3. The number of nitrogens with two attached hydrogens (primary N) is 3. The number of aromatic amines is 1. The molecule has 0 radical (unpaired) electrons. The zero-order chi connectivity index (χ0) is 47.7. The zero-order valence-corrected chi connectivity index (χ0v) is 37.4. The van der Waals surface area contributed by atoms with Gasteiger partial charge in [0.1, 0.15) is 22.9 Å². The highest BCUT2D eigenvalue weighted by Crippen LogP contribution is 2.33. The fourth-order valence-corrected chi connectivity index (χ4v) is 7.43. The van der Waals surface area contributed by atoms with Crippen LogP contribution in [0.15, 0.2) is 164 Å². The Morgan fingerprint density at radius 3 is 1.31 bits per heavy atom. The third-order valence-electron chi connectivity index (χ3n) is 10.6. The Hall–Kier alpha value is -8.75. The van der Waals surface area contributed by atoms with Crippen molar-refractivity contribution < 1.29 is 40.3 Å². The van der Waals surface area contributed by atoms with Gasteiger partial charge in [-0.2, -0.15) is 10.2 Å². The molecule has 8 aromatic rings. The van der Waals surface area contributed by atoms with Crippen molar-refractivity contribution in [3.05, 3.63) is 186 Å². The van der Waals surface area contributed by atoms with Crippen molar-refractivity contribution in [2.24, 2.45) is 17.2 Å². The lowest BCUT2D eigenvalue weighted by molar-refractivity contribution is -0.453. The van der Waals surface area contributed by atoms with Crippen molar-refractivity contribution >= 4 is 17.7 Å². The largest absolute Gasteiger partial charge is 0.870 e. The van der Waals surface area contributed by atoms with Crippen LogP contribution in [0.25, 0.3) is 55.9 Å². The average molecular weight is 912 g/mol. The first-order valence-corrected chi connectivity index (χ1v) is 21.5. The molecule has 0 bridgehead atoms. The minimum Gasteiger partial charge on any atom is -0.870 e. The van der Waals surface area contributed by atoms with Crippen LogP contribution in [0.5, 0.6) is 17.2 Å². The van der Waals surface area contributed by atoms with Gasteiger partial charge in [-0.15, -0.1) is 5.10 Å². The summed E-state index contributed by atoms with van der Waals surface area (Å²) in [6.07, 6.45) is 5.90. The van der Waals surface area contributed by atoms with E-state index in [1.807, 2.05) is 104 Å². The van der Waals surface area contributed by atoms with E-state index in [1.165, 1.54) is 0 Å². The molecule has 2 heterocycles. The number of primary amides is 3. The van der Waals surface area contributed by atoms with Gasteiger partial charge in [0.25, 0.3) is 0 Å². The smallest absolute Gasteiger partial charge is 0.217 e. The topological polar surface area (TPSA) is 273 Å². The summed E-state index contributed by atoms with van der Waals surface area (Å²) in [5, 5.41) is 44.1. The van der Waals surface area contributed by atoms with Crippen LogP contribution in [0, 0.1) is 6.92 Å². The summed E-state index contributed by atoms with van der Waals surface area (Å²) in [7, 11) is 0. The van der Waals surface area contributed by atoms with Crippen molar-refractivity contribution in [3.63, 3.8) is 0 Å². The van der Waals surface area contributed by atoms with Crippen molar-refractivity contribution in [2.75, 3.05) is 0 Å². The summed E-state index contributed by atoms with van der Waals surface area (Å²) in [6.45, 7) is 2.01. The van der Waals surface area contributed by atoms with Crippen molar-refractivity contribution in [3.8, 4) is 73.1 Å². The minimum atomic E-state index is -0.346. The van der Waals surface area contributed by atoms with Gasteiger partial charge in [0.05, 0.1) is 5.69 Å². The predicted octanol–water partition coefficient (Wildman–Crippen LogP) is 7.90. The maximum absolute atomic E-state index is 11.2. The van der Waals surface area contributed by atoms with Crippen molar-refractivity contribution in [1.82, 2.24) is 15.3 Å². The number of amides is 3. The van der Waals surface area contributed by atoms with E-state index >= 15 is 0 Å². The van der Waals surface area contributed by atoms with Gasteiger partial charge in [-0.3, -0.25) is 14.4 Å². The van der Waals surface area contributed by atoms with E-state index in [-0.39, 0.29) is 53.3 Å². The van der Waals surface area contributed by atoms with E-state index in [0.29, 0.717) is 25.7 Å². The molecule has 6 aromatic carbocycles.